The van der Waals surface area contributed by atoms with E-state index in [4.69, 9.17) is 4.74 Å². The monoisotopic (exact) mass is 288 g/mol. The normalized spacial score (nSPS) is 38.7. The summed E-state index contributed by atoms with van der Waals surface area (Å²) in [6.45, 7) is 0.317. The molecule has 4 heteroatoms. The number of ketones is 1. The minimum absolute atomic E-state index is 0.00287. The molecule has 2 saturated carbocycles. The van der Waals surface area contributed by atoms with Gasteiger partial charge >= 0.3 is 5.97 Å². The Bertz CT molecular complexity index is 570. The molecule has 4 rings (SSSR count). The Balaban J connectivity index is 1.64. The highest BCUT2D eigenvalue weighted by Gasteiger charge is 2.65. The smallest absolute Gasteiger partial charge is 0.310 e. The number of benzene rings is 1. The third-order valence-electron chi connectivity index (χ3n) is 5.06. The standard InChI is InChI=1S/C16H16O3S/c17-14-13(20-11-4-2-1-3-5-11)10-6-7-12-15(18)19-9-16(12,14)8-10/h1-5,10,12-13H,6-9H2/t10-,12+,13+,16+/m0/s1. The average Bonchev–Trinajstić information content (AvgIpc) is 2.91. The van der Waals surface area contributed by atoms with Gasteiger partial charge in [0.1, 0.15) is 6.61 Å². The second-order valence-corrected chi connectivity index (χ2v) is 7.29. The molecule has 0 N–H and O–H groups in total. The third kappa shape index (κ3) is 1.60. The van der Waals surface area contributed by atoms with Crippen LogP contribution >= 0.6 is 11.8 Å². The minimum Gasteiger partial charge on any atom is -0.464 e. The number of Topliss-reactive ketones (excluding diaryl/α,β-unsaturated/α-hetero) is 1. The number of carbonyl (C=O) groups is 2. The van der Waals surface area contributed by atoms with Crippen molar-refractivity contribution in [1.82, 2.24) is 0 Å². The van der Waals surface area contributed by atoms with E-state index in [2.05, 4.69) is 0 Å². The van der Waals surface area contributed by atoms with Gasteiger partial charge in [-0.05, 0) is 37.3 Å². The maximum Gasteiger partial charge on any atom is 0.310 e. The third-order valence-corrected chi connectivity index (χ3v) is 6.46. The van der Waals surface area contributed by atoms with Crippen LogP contribution in [0.1, 0.15) is 19.3 Å². The predicted octanol–water partition coefficient (Wildman–Crippen LogP) is 2.69. The van der Waals surface area contributed by atoms with Gasteiger partial charge in [-0.15, -0.1) is 11.8 Å². The van der Waals surface area contributed by atoms with E-state index in [1.807, 2.05) is 30.3 Å². The number of cyclic esters (lactones) is 1. The van der Waals surface area contributed by atoms with E-state index in [0.29, 0.717) is 12.5 Å². The summed E-state index contributed by atoms with van der Waals surface area (Å²) in [5.41, 5.74) is -0.494. The molecule has 1 aromatic carbocycles. The van der Waals surface area contributed by atoms with Gasteiger partial charge in [-0.3, -0.25) is 9.59 Å². The Morgan fingerprint density at radius 2 is 1.95 bits per heavy atom. The van der Waals surface area contributed by atoms with Crippen LogP contribution in [0.2, 0.25) is 0 Å². The van der Waals surface area contributed by atoms with Crippen molar-refractivity contribution in [2.45, 2.75) is 29.4 Å². The molecule has 0 aromatic heterocycles. The lowest BCUT2D eigenvalue weighted by Crippen LogP contribution is -2.37. The topological polar surface area (TPSA) is 43.4 Å². The van der Waals surface area contributed by atoms with Crippen LogP contribution in [-0.4, -0.2) is 23.6 Å². The lowest BCUT2D eigenvalue weighted by atomic mass is 9.69. The molecule has 1 saturated heterocycles. The second-order valence-electron chi connectivity index (χ2n) is 6.07. The zero-order valence-corrected chi connectivity index (χ0v) is 11.9. The first-order valence-electron chi connectivity index (χ1n) is 7.13. The summed E-state index contributed by atoms with van der Waals surface area (Å²) in [5, 5.41) is -0.00287. The van der Waals surface area contributed by atoms with Crippen molar-refractivity contribution in [2.75, 3.05) is 6.61 Å². The van der Waals surface area contributed by atoms with Crippen LogP contribution in [-0.2, 0) is 14.3 Å². The molecule has 2 bridgehead atoms. The number of ether oxygens (including phenoxy) is 1. The molecule has 3 fully saturated rings. The van der Waals surface area contributed by atoms with Gasteiger partial charge in [0.2, 0.25) is 0 Å². The van der Waals surface area contributed by atoms with Crippen LogP contribution in [0, 0.1) is 17.3 Å². The molecule has 3 aliphatic rings. The van der Waals surface area contributed by atoms with Crippen molar-refractivity contribution in [2.24, 2.45) is 17.3 Å². The van der Waals surface area contributed by atoms with Gasteiger partial charge in [0.15, 0.2) is 5.78 Å². The van der Waals surface area contributed by atoms with E-state index in [1.54, 1.807) is 11.8 Å². The summed E-state index contributed by atoms with van der Waals surface area (Å²) < 4.78 is 5.22. The number of fused-ring (bicyclic) bond motifs is 1. The van der Waals surface area contributed by atoms with Gasteiger partial charge in [0.25, 0.3) is 0 Å². The number of thioether (sulfide) groups is 1. The molecular formula is C16H16O3S. The van der Waals surface area contributed by atoms with Crippen LogP contribution in [0.5, 0.6) is 0 Å². The Morgan fingerprint density at radius 1 is 1.15 bits per heavy atom. The fourth-order valence-electron chi connectivity index (χ4n) is 4.07. The van der Waals surface area contributed by atoms with E-state index in [1.165, 1.54) is 0 Å². The maximum absolute atomic E-state index is 12.9. The number of hydrogen-bond acceptors (Lipinski definition) is 4. The molecule has 1 spiro atoms. The van der Waals surface area contributed by atoms with Crippen molar-refractivity contribution in [3.8, 4) is 0 Å². The molecule has 20 heavy (non-hydrogen) atoms. The van der Waals surface area contributed by atoms with E-state index >= 15 is 0 Å². The fourth-order valence-corrected chi connectivity index (χ4v) is 5.44. The summed E-state index contributed by atoms with van der Waals surface area (Å²) in [4.78, 5) is 25.8. The second kappa shape index (κ2) is 4.35. The van der Waals surface area contributed by atoms with Crippen molar-refractivity contribution >= 4 is 23.5 Å². The quantitative estimate of drug-likeness (QED) is 0.785. The first-order chi connectivity index (χ1) is 9.71. The van der Waals surface area contributed by atoms with Gasteiger partial charge < -0.3 is 4.74 Å². The number of carbonyl (C=O) groups excluding carboxylic acids is 2. The number of rotatable bonds is 2. The molecule has 2 aliphatic carbocycles. The first kappa shape index (κ1) is 12.5. The number of esters is 1. The maximum atomic E-state index is 12.9. The van der Waals surface area contributed by atoms with Crippen molar-refractivity contribution in [1.29, 1.82) is 0 Å². The average molecular weight is 288 g/mol. The van der Waals surface area contributed by atoms with Crippen molar-refractivity contribution in [3.05, 3.63) is 30.3 Å². The molecule has 0 amide bonds. The number of hydrogen-bond donors (Lipinski definition) is 0. The van der Waals surface area contributed by atoms with Crippen LogP contribution < -0.4 is 0 Å². The molecule has 3 nitrogen and oxygen atoms in total. The summed E-state index contributed by atoms with van der Waals surface area (Å²) in [6.07, 6.45) is 2.63. The predicted molar refractivity (Wildman–Crippen MR) is 75.3 cm³/mol. The first-order valence-corrected chi connectivity index (χ1v) is 8.01. The molecule has 0 radical (unpaired) electrons. The van der Waals surface area contributed by atoms with Gasteiger partial charge in [-0.25, -0.2) is 0 Å². The largest absolute Gasteiger partial charge is 0.464 e. The molecule has 1 aromatic rings. The zero-order valence-electron chi connectivity index (χ0n) is 11.1. The van der Waals surface area contributed by atoms with Gasteiger partial charge in [0.05, 0.1) is 16.6 Å². The molecule has 1 heterocycles. The van der Waals surface area contributed by atoms with E-state index in [-0.39, 0.29) is 22.9 Å². The molecule has 1 aliphatic heterocycles. The highest BCUT2D eigenvalue weighted by Crippen LogP contribution is 2.58. The van der Waals surface area contributed by atoms with E-state index in [0.717, 1.165) is 24.2 Å². The Labute approximate surface area is 122 Å². The lowest BCUT2D eigenvalue weighted by Gasteiger charge is -2.29. The highest BCUT2D eigenvalue weighted by molar-refractivity contribution is 8.00. The Morgan fingerprint density at radius 3 is 2.75 bits per heavy atom. The van der Waals surface area contributed by atoms with E-state index in [9.17, 15) is 9.59 Å². The fraction of sp³-hybridized carbons (Fsp3) is 0.500. The van der Waals surface area contributed by atoms with Crippen molar-refractivity contribution < 1.29 is 14.3 Å². The SMILES string of the molecule is O=C1OC[C@]23C[C@H](CC[C@H]12)[C@@H](Sc1ccccc1)C3=O. The molecule has 104 valence electrons. The van der Waals surface area contributed by atoms with Crippen LogP contribution in [0.25, 0.3) is 0 Å². The Kier molecular flexibility index (Phi) is 2.71. The van der Waals surface area contributed by atoms with Crippen LogP contribution in [0.4, 0.5) is 0 Å². The molecular weight excluding hydrogens is 272 g/mol. The molecule has 0 unspecified atom stereocenters. The van der Waals surface area contributed by atoms with Gasteiger partial charge in [-0.2, -0.15) is 0 Å². The van der Waals surface area contributed by atoms with Gasteiger partial charge in [-0.1, -0.05) is 18.2 Å². The summed E-state index contributed by atoms with van der Waals surface area (Å²) in [6, 6.07) is 10.1. The van der Waals surface area contributed by atoms with E-state index < -0.39 is 5.41 Å². The summed E-state index contributed by atoms with van der Waals surface area (Å²) >= 11 is 1.66. The van der Waals surface area contributed by atoms with Crippen LogP contribution in [0.3, 0.4) is 0 Å². The van der Waals surface area contributed by atoms with Crippen LogP contribution in [0.15, 0.2) is 35.2 Å². The lowest BCUT2D eigenvalue weighted by molar-refractivity contribution is -0.142. The summed E-state index contributed by atoms with van der Waals surface area (Å²) in [5.74, 6) is 0.331. The zero-order chi connectivity index (χ0) is 13.7. The van der Waals surface area contributed by atoms with Gasteiger partial charge in [0, 0.05) is 4.90 Å². The molecule has 4 atom stereocenters. The minimum atomic E-state index is -0.494. The highest BCUT2D eigenvalue weighted by atomic mass is 32.2. The van der Waals surface area contributed by atoms with Crippen molar-refractivity contribution in [3.63, 3.8) is 0 Å². The summed E-state index contributed by atoms with van der Waals surface area (Å²) in [7, 11) is 0. The Hall–Kier alpha value is -1.29.